The second-order valence-corrected chi connectivity index (χ2v) is 7.31. The molecule has 0 radical (unpaired) electrons. The van der Waals surface area contributed by atoms with Crippen molar-refractivity contribution in [2.24, 2.45) is 5.73 Å². The smallest absolute Gasteiger partial charge is 0.258 e. The third-order valence-electron chi connectivity index (χ3n) is 5.64. The molecule has 1 aromatic carbocycles. The fraction of sp³-hybridized carbons (Fsp3) is 0.529. The monoisotopic (exact) mass is 348 g/mol. The number of aromatic amines is 1. The average molecular weight is 348 g/mol. The number of carbonyl (C=O) groups excluding carboxylic acids is 1. The van der Waals surface area contributed by atoms with E-state index in [2.05, 4.69) is 15.5 Å². The molecule has 2 bridgehead atoms. The average Bonchev–Trinajstić information content (AvgIpc) is 3.04. The molecule has 3 saturated carbocycles. The Morgan fingerprint density at radius 1 is 1.44 bits per heavy atom. The van der Waals surface area contributed by atoms with E-state index in [9.17, 15) is 14.3 Å². The number of H-pyrrole nitrogens is 1. The zero-order valence-electron chi connectivity index (χ0n) is 13.7. The van der Waals surface area contributed by atoms with Crippen LogP contribution in [0.25, 0.3) is 10.9 Å². The molecule has 5 rings (SSSR count). The summed E-state index contributed by atoms with van der Waals surface area (Å²) in [6, 6.07) is 2.84. The summed E-state index contributed by atoms with van der Waals surface area (Å²) in [7, 11) is 0. The number of hydrogen-bond donors (Lipinski definition) is 4. The molecule has 0 saturated heterocycles. The fourth-order valence-electron chi connectivity index (χ4n) is 4.03. The number of fused-ring (bicyclic) bond motifs is 4. The van der Waals surface area contributed by atoms with Crippen LogP contribution in [0.15, 0.2) is 18.3 Å². The second-order valence-electron chi connectivity index (χ2n) is 7.31. The number of aliphatic hydroxyl groups excluding tert-OH is 1. The van der Waals surface area contributed by atoms with Gasteiger partial charge in [0.15, 0.2) is 6.61 Å². The lowest BCUT2D eigenvalue weighted by Crippen LogP contribution is -2.68. The van der Waals surface area contributed by atoms with Crippen molar-refractivity contribution in [1.29, 1.82) is 0 Å². The number of hydrogen-bond acceptors (Lipinski definition) is 5. The number of carbonyl (C=O) groups is 1. The van der Waals surface area contributed by atoms with Gasteiger partial charge in [0.25, 0.3) is 5.91 Å². The van der Waals surface area contributed by atoms with Crippen LogP contribution in [0, 0.1) is 5.82 Å². The highest BCUT2D eigenvalue weighted by Gasteiger charge is 2.52. The molecular weight excluding hydrogens is 327 g/mol. The van der Waals surface area contributed by atoms with E-state index in [1.807, 2.05) is 0 Å². The highest BCUT2D eigenvalue weighted by molar-refractivity contribution is 5.81. The lowest BCUT2D eigenvalue weighted by molar-refractivity contribution is -0.128. The Hall–Kier alpha value is -2.19. The maximum absolute atomic E-state index is 13.9. The third-order valence-corrected chi connectivity index (χ3v) is 5.64. The van der Waals surface area contributed by atoms with E-state index < -0.39 is 23.0 Å². The molecular formula is C17H21FN4O3. The topological polar surface area (TPSA) is 113 Å². The van der Waals surface area contributed by atoms with Crippen LogP contribution in [-0.2, 0) is 4.79 Å². The van der Waals surface area contributed by atoms with Gasteiger partial charge < -0.3 is 20.9 Å². The molecule has 1 unspecified atom stereocenters. The number of rotatable bonds is 4. The first kappa shape index (κ1) is 16.3. The summed E-state index contributed by atoms with van der Waals surface area (Å²) in [6.07, 6.45) is 4.14. The summed E-state index contributed by atoms with van der Waals surface area (Å²) in [5.41, 5.74) is 5.76. The molecule has 8 heteroatoms. The summed E-state index contributed by atoms with van der Waals surface area (Å²) in [5.74, 6) is -0.485. The molecule has 3 aliphatic rings. The van der Waals surface area contributed by atoms with Gasteiger partial charge in [-0.3, -0.25) is 9.89 Å². The molecule has 2 aromatic rings. The molecule has 3 fully saturated rings. The number of nitrogens with zero attached hydrogens (tertiary/aromatic N) is 1. The highest BCUT2D eigenvalue weighted by Crippen LogP contribution is 2.45. The van der Waals surface area contributed by atoms with E-state index in [0.717, 1.165) is 12.8 Å². The van der Waals surface area contributed by atoms with Crippen LogP contribution in [0.3, 0.4) is 0 Å². The van der Waals surface area contributed by atoms with Crippen molar-refractivity contribution in [3.8, 4) is 5.75 Å². The Kier molecular flexibility index (Phi) is 3.69. The Balaban J connectivity index is 1.39. The van der Waals surface area contributed by atoms with Crippen molar-refractivity contribution in [2.45, 2.75) is 49.3 Å². The van der Waals surface area contributed by atoms with Crippen molar-refractivity contribution in [2.75, 3.05) is 6.61 Å². The van der Waals surface area contributed by atoms with Gasteiger partial charge in [-0.2, -0.15) is 5.10 Å². The van der Waals surface area contributed by atoms with Crippen molar-refractivity contribution >= 4 is 16.8 Å². The van der Waals surface area contributed by atoms with Gasteiger partial charge in [-0.05, 0) is 32.1 Å². The van der Waals surface area contributed by atoms with Crippen LogP contribution in [0.4, 0.5) is 4.39 Å². The summed E-state index contributed by atoms with van der Waals surface area (Å²) in [5, 5.41) is 20.0. The standard InChI is InChI=1S/C17H21FN4O3/c18-12-5-10(6-13-11(12)8-20-22-13)25-9-15(24)21-16-1-3-17(19,4-2-16)14(23)7-16/h5-6,8,14,23H,1-4,7,9,19H2,(H,20,22)(H,21,24). The minimum atomic E-state index is -0.604. The molecule has 3 aliphatic carbocycles. The van der Waals surface area contributed by atoms with Crippen LogP contribution < -0.4 is 15.8 Å². The van der Waals surface area contributed by atoms with Gasteiger partial charge >= 0.3 is 0 Å². The van der Waals surface area contributed by atoms with E-state index in [-0.39, 0.29) is 18.3 Å². The zero-order valence-corrected chi connectivity index (χ0v) is 13.7. The van der Waals surface area contributed by atoms with Crippen molar-refractivity contribution in [3.63, 3.8) is 0 Å². The van der Waals surface area contributed by atoms with E-state index in [1.165, 1.54) is 12.3 Å². The highest BCUT2D eigenvalue weighted by atomic mass is 19.1. The molecule has 7 nitrogen and oxygen atoms in total. The van der Waals surface area contributed by atoms with Crippen molar-refractivity contribution in [1.82, 2.24) is 15.5 Å². The third kappa shape index (κ3) is 2.85. The van der Waals surface area contributed by atoms with Gasteiger partial charge in [-0.25, -0.2) is 4.39 Å². The first-order valence-electron chi connectivity index (χ1n) is 8.43. The van der Waals surface area contributed by atoms with E-state index >= 15 is 0 Å². The molecule has 1 amide bonds. The Labute approximate surface area is 143 Å². The van der Waals surface area contributed by atoms with Gasteiger partial charge in [0, 0.05) is 23.2 Å². The summed E-state index contributed by atoms with van der Waals surface area (Å²) in [4.78, 5) is 12.3. The number of halogens is 1. The predicted molar refractivity (Wildman–Crippen MR) is 88.4 cm³/mol. The van der Waals surface area contributed by atoms with Crippen LogP contribution in [0.1, 0.15) is 32.1 Å². The molecule has 1 atom stereocenters. The molecule has 134 valence electrons. The number of nitrogens with one attached hydrogen (secondary N) is 2. The Bertz CT molecular complexity index is 813. The molecule has 25 heavy (non-hydrogen) atoms. The number of ether oxygens (including phenoxy) is 1. The number of nitrogens with two attached hydrogens (primary N) is 1. The van der Waals surface area contributed by atoms with Crippen LogP contribution in [-0.4, -0.2) is 45.0 Å². The van der Waals surface area contributed by atoms with Gasteiger partial charge in [0.05, 0.1) is 23.2 Å². The van der Waals surface area contributed by atoms with Crippen molar-refractivity contribution in [3.05, 3.63) is 24.1 Å². The first-order chi connectivity index (χ1) is 11.9. The van der Waals surface area contributed by atoms with Crippen molar-refractivity contribution < 1.29 is 19.0 Å². The van der Waals surface area contributed by atoms with Crippen LogP contribution >= 0.6 is 0 Å². The normalized spacial score (nSPS) is 31.2. The maximum atomic E-state index is 13.9. The number of aliphatic hydroxyl groups is 1. The molecule has 1 heterocycles. The largest absolute Gasteiger partial charge is 0.484 e. The minimum Gasteiger partial charge on any atom is -0.484 e. The van der Waals surface area contributed by atoms with E-state index in [1.54, 1.807) is 6.07 Å². The number of benzene rings is 1. The maximum Gasteiger partial charge on any atom is 0.258 e. The number of amides is 1. The second kappa shape index (κ2) is 5.67. The Morgan fingerprint density at radius 2 is 2.20 bits per heavy atom. The van der Waals surface area contributed by atoms with Gasteiger partial charge in [0.2, 0.25) is 0 Å². The molecule has 0 aliphatic heterocycles. The number of aromatic nitrogens is 2. The van der Waals surface area contributed by atoms with Crippen LogP contribution in [0.5, 0.6) is 5.75 Å². The molecule has 1 aromatic heterocycles. The lowest BCUT2D eigenvalue weighted by atomic mass is 9.60. The summed E-state index contributed by atoms with van der Waals surface area (Å²) < 4.78 is 19.3. The summed E-state index contributed by atoms with van der Waals surface area (Å²) in [6.45, 7) is -0.218. The molecule has 0 spiro atoms. The van der Waals surface area contributed by atoms with E-state index in [0.29, 0.717) is 30.2 Å². The van der Waals surface area contributed by atoms with Gasteiger partial charge in [-0.15, -0.1) is 0 Å². The quantitative estimate of drug-likeness (QED) is 0.658. The minimum absolute atomic E-state index is 0.218. The van der Waals surface area contributed by atoms with Gasteiger partial charge in [0.1, 0.15) is 11.6 Å². The van der Waals surface area contributed by atoms with Gasteiger partial charge in [-0.1, -0.05) is 0 Å². The van der Waals surface area contributed by atoms with Crippen LogP contribution in [0.2, 0.25) is 0 Å². The Morgan fingerprint density at radius 3 is 2.92 bits per heavy atom. The van der Waals surface area contributed by atoms with E-state index in [4.69, 9.17) is 10.5 Å². The summed E-state index contributed by atoms with van der Waals surface area (Å²) >= 11 is 0. The first-order valence-corrected chi connectivity index (χ1v) is 8.43. The zero-order chi connectivity index (χ0) is 17.7. The fourth-order valence-corrected chi connectivity index (χ4v) is 4.03. The SMILES string of the molecule is NC12CCC(NC(=O)COc3cc(F)c4cn[nH]c4c3)(CC1)CC2O. The molecule has 5 N–H and O–H groups in total. The predicted octanol–water partition coefficient (Wildman–Crippen LogP) is 0.972. The lowest BCUT2D eigenvalue weighted by Gasteiger charge is -2.54.